The highest BCUT2D eigenvalue weighted by atomic mass is 32.2. The number of hydrogen-bond acceptors (Lipinski definition) is 5. The van der Waals surface area contributed by atoms with E-state index in [0.29, 0.717) is 28.4 Å². The molecule has 0 spiro atoms. The molecule has 1 atom stereocenters. The van der Waals surface area contributed by atoms with Crippen LogP contribution >= 0.6 is 11.8 Å². The van der Waals surface area contributed by atoms with Gasteiger partial charge in [-0.3, -0.25) is 19.3 Å². The third-order valence-corrected chi connectivity index (χ3v) is 6.43. The monoisotopic (exact) mass is 426 g/mol. The van der Waals surface area contributed by atoms with Crippen molar-refractivity contribution in [3.8, 4) is 5.75 Å². The molecule has 0 aromatic heterocycles. The fourth-order valence-corrected chi connectivity index (χ4v) is 4.33. The van der Waals surface area contributed by atoms with Crippen molar-refractivity contribution in [3.63, 3.8) is 0 Å². The molecule has 2 amide bonds. The lowest BCUT2D eigenvalue weighted by atomic mass is 9.96. The summed E-state index contributed by atoms with van der Waals surface area (Å²) in [5.74, 6) is 0.789. The number of hydrogen-bond donors (Lipinski definition) is 1. The summed E-state index contributed by atoms with van der Waals surface area (Å²) in [7, 11) is 1.58. The number of methoxy groups -OCH3 is 1. The van der Waals surface area contributed by atoms with Gasteiger partial charge in [0.25, 0.3) is 0 Å². The van der Waals surface area contributed by atoms with Crippen LogP contribution in [-0.2, 0) is 15.3 Å². The molecule has 158 valence electrons. The number of carbonyl (C=O) groups excluding carboxylic acids is 3. The Labute approximate surface area is 181 Å². The first-order valence-electron chi connectivity index (χ1n) is 9.70. The van der Waals surface area contributed by atoms with E-state index in [-0.39, 0.29) is 17.6 Å². The molecule has 3 rings (SSSR count). The molecular weight excluding hydrogens is 400 g/mol. The Balaban J connectivity index is 1.84. The van der Waals surface area contributed by atoms with Gasteiger partial charge in [0.15, 0.2) is 5.78 Å². The number of ether oxygens (including phenoxy) is 1. The summed E-state index contributed by atoms with van der Waals surface area (Å²) in [6.45, 7) is 6.84. The summed E-state index contributed by atoms with van der Waals surface area (Å²) in [6.07, 6.45) is 0. The Morgan fingerprint density at radius 3 is 2.57 bits per heavy atom. The van der Waals surface area contributed by atoms with E-state index in [1.807, 2.05) is 25.1 Å². The SMILES string of the molecule is COc1ccc(C(C)=O)cc1CS[C@@H](C)C(=O)N1c2ccccc2NC(=O)C1(C)C. The predicted molar refractivity (Wildman–Crippen MR) is 120 cm³/mol. The van der Waals surface area contributed by atoms with Crippen molar-refractivity contribution in [1.29, 1.82) is 0 Å². The fourth-order valence-electron chi connectivity index (χ4n) is 3.42. The Morgan fingerprint density at radius 1 is 1.20 bits per heavy atom. The number of carbonyl (C=O) groups is 3. The maximum absolute atomic E-state index is 13.4. The second-order valence-corrected chi connectivity index (χ2v) is 9.07. The summed E-state index contributed by atoms with van der Waals surface area (Å²) < 4.78 is 5.41. The van der Waals surface area contributed by atoms with Crippen molar-refractivity contribution < 1.29 is 19.1 Å². The van der Waals surface area contributed by atoms with Crippen molar-refractivity contribution in [3.05, 3.63) is 53.6 Å². The molecule has 1 N–H and O–H groups in total. The van der Waals surface area contributed by atoms with Crippen LogP contribution in [0.15, 0.2) is 42.5 Å². The fraction of sp³-hybridized carbons (Fsp3) is 0.348. The smallest absolute Gasteiger partial charge is 0.250 e. The van der Waals surface area contributed by atoms with Crippen LogP contribution in [0.1, 0.15) is 43.6 Å². The summed E-state index contributed by atoms with van der Waals surface area (Å²) in [6, 6.07) is 12.6. The van der Waals surface area contributed by atoms with Crippen LogP contribution in [0.2, 0.25) is 0 Å². The molecule has 0 unspecified atom stereocenters. The normalized spacial score (nSPS) is 15.8. The topological polar surface area (TPSA) is 75.7 Å². The van der Waals surface area contributed by atoms with Crippen LogP contribution in [0.4, 0.5) is 11.4 Å². The van der Waals surface area contributed by atoms with E-state index in [2.05, 4.69) is 5.32 Å². The number of rotatable bonds is 6. The average Bonchev–Trinajstić information content (AvgIpc) is 2.72. The van der Waals surface area contributed by atoms with Gasteiger partial charge in [-0.1, -0.05) is 12.1 Å². The molecule has 2 aromatic rings. The molecule has 0 fully saturated rings. The lowest BCUT2D eigenvalue weighted by molar-refractivity contribution is -0.126. The maximum Gasteiger partial charge on any atom is 0.250 e. The molecule has 0 saturated heterocycles. The van der Waals surface area contributed by atoms with Crippen LogP contribution in [0, 0.1) is 0 Å². The van der Waals surface area contributed by atoms with Crippen molar-refractivity contribution >= 4 is 40.7 Å². The van der Waals surface area contributed by atoms with Gasteiger partial charge in [0.05, 0.1) is 23.7 Å². The molecule has 0 radical (unpaired) electrons. The lowest BCUT2D eigenvalue weighted by Crippen LogP contribution is -2.60. The van der Waals surface area contributed by atoms with Crippen LogP contribution < -0.4 is 15.0 Å². The molecule has 1 aliphatic rings. The second-order valence-electron chi connectivity index (χ2n) is 7.74. The standard InChI is InChI=1S/C23H26N2O4S/c1-14(26)16-10-11-20(29-5)17(12-16)13-30-15(2)21(27)25-19-9-7-6-8-18(19)24-22(28)23(25,3)4/h6-12,15H,13H2,1-5H3,(H,24,28)/t15-/m0/s1. The van der Waals surface area contributed by atoms with Gasteiger partial charge in [0.1, 0.15) is 11.3 Å². The van der Waals surface area contributed by atoms with Gasteiger partial charge in [-0.15, -0.1) is 11.8 Å². The Morgan fingerprint density at radius 2 is 1.90 bits per heavy atom. The quantitative estimate of drug-likeness (QED) is 0.698. The van der Waals surface area contributed by atoms with Gasteiger partial charge in [-0.2, -0.15) is 0 Å². The largest absolute Gasteiger partial charge is 0.496 e. The van der Waals surface area contributed by atoms with Crippen LogP contribution in [-0.4, -0.2) is 35.5 Å². The Kier molecular flexibility index (Phi) is 6.22. The van der Waals surface area contributed by atoms with Gasteiger partial charge in [-0.05, 0) is 58.0 Å². The van der Waals surface area contributed by atoms with Crippen molar-refractivity contribution in [1.82, 2.24) is 0 Å². The van der Waals surface area contributed by atoms with E-state index < -0.39 is 10.8 Å². The molecule has 2 aromatic carbocycles. The zero-order valence-electron chi connectivity index (χ0n) is 17.8. The van der Waals surface area contributed by atoms with E-state index in [1.165, 1.54) is 18.7 Å². The van der Waals surface area contributed by atoms with E-state index in [4.69, 9.17) is 4.74 Å². The maximum atomic E-state index is 13.4. The van der Waals surface area contributed by atoms with Crippen molar-refractivity contribution in [2.24, 2.45) is 0 Å². The molecular formula is C23H26N2O4S. The number of fused-ring (bicyclic) bond motifs is 1. The Hall–Kier alpha value is -2.80. The first-order valence-corrected chi connectivity index (χ1v) is 10.8. The Bertz CT molecular complexity index is 1000. The summed E-state index contributed by atoms with van der Waals surface area (Å²) in [5.41, 5.74) is 1.77. The number of ketones is 1. The summed E-state index contributed by atoms with van der Waals surface area (Å²) in [4.78, 5) is 39.3. The van der Waals surface area contributed by atoms with Gasteiger partial charge in [0, 0.05) is 16.9 Å². The number of amides is 2. The van der Waals surface area contributed by atoms with E-state index in [9.17, 15) is 14.4 Å². The first-order chi connectivity index (χ1) is 14.2. The highest BCUT2D eigenvalue weighted by Crippen LogP contribution is 2.38. The van der Waals surface area contributed by atoms with Gasteiger partial charge in [0.2, 0.25) is 11.8 Å². The number of nitrogens with zero attached hydrogens (tertiary/aromatic N) is 1. The molecule has 1 heterocycles. The van der Waals surface area contributed by atoms with E-state index >= 15 is 0 Å². The highest BCUT2D eigenvalue weighted by Gasteiger charge is 2.44. The molecule has 0 bridgehead atoms. The van der Waals surface area contributed by atoms with Crippen molar-refractivity contribution in [2.45, 2.75) is 44.2 Å². The number of benzene rings is 2. The average molecular weight is 427 g/mol. The van der Waals surface area contributed by atoms with E-state index in [0.717, 1.165) is 5.56 Å². The van der Waals surface area contributed by atoms with Gasteiger partial charge in [-0.25, -0.2) is 0 Å². The molecule has 7 heteroatoms. The minimum absolute atomic E-state index is 0.0225. The van der Waals surface area contributed by atoms with Crippen molar-refractivity contribution in [2.75, 3.05) is 17.3 Å². The number of anilines is 2. The first kappa shape index (κ1) is 21.9. The third-order valence-electron chi connectivity index (χ3n) is 5.25. The van der Waals surface area contributed by atoms with Crippen LogP contribution in [0.5, 0.6) is 5.75 Å². The zero-order chi connectivity index (χ0) is 22.1. The molecule has 30 heavy (non-hydrogen) atoms. The highest BCUT2D eigenvalue weighted by molar-refractivity contribution is 7.99. The van der Waals surface area contributed by atoms with E-state index in [1.54, 1.807) is 50.1 Å². The van der Waals surface area contributed by atoms with Gasteiger partial charge < -0.3 is 10.1 Å². The predicted octanol–water partition coefficient (Wildman–Crippen LogP) is 4.28. The van der Waals surface area contributed by atoms with Crippen LogP contribution in [0.3, 0.4) is 0 Å². The summed E-state index contributed by atoms with van der Waals surface area (Å²) in [5, 5.41) is 2.47. The minimum atomic E-state index is -1.01. The summed E-state index contributed by atoms with van der Waals surface area (Å²) >= 11 is 1.44. The minimum Gasteiger partial charge on any atom is -0.496 e. The van der Waals surface area contributed by atoms with Crippen LogP contribution in [0.25, 0.3) is 0 Å². The third kappa shape index (κ3) is 4.07. The number of para-hydroxylation sites is 2. The number of nitrogens with one attached hydrogen (secondary N) is 1. The molecule has 6 nitrogen and oxygen atoms in total. The second kappa shape index (κ2) is 8.52. The van der Waals surface area contributed by atoms with Gasteiger partial charge >= 0.3 is 0 Å². The number of Topliss-reactive ketones (excluding diaryl/α,β-unsaturated/α-hetero) is 1. The molecule has 0 saturated carbocycles. The molecule has 0 aliphatic carbocycles. The zero-order valence-corrected chi connectivity index (χ0v) is 18.6. The molecule has 1 aliphatic heterocycles. The number of thioether (sulfide) groups is 1. The lowest BCUT2D eigenvalue weighted by Gasteiger charge is -2.43.